The number of halogens is 1. The minimum atomic E-state index is 0.788. The molecule has 18 heavy (non-hydrogen) atoms. The summed E-state index contributed by atoms with van der Waals surface area (Å²) in [5.74, 6) is 0.939. The molecule has 0 unspecified atom stereocenters. The van der Waals surface area contributed by atoms with Crippen molar-refractivity contribution in [3.63, 3.8) is 0 Å². The van der Waals surface area contributed by atoms with E-state index in [1.807, 2.05) is 12.1 Å². The molecule has 0 spiro atoms. The highest BCUT2D eigenvalue weighted by Gasteiger charge is 2.13. The molecule has 2 heterocycles. The van der Waals surface area contributed by atoms with Crippen LogP contribution in [-0.2, 0) is 6.42 Å². The first kappa shape index (κ1) is 13.3. The van der Waals surface area contributed by atoms with E-state index >= 15 is 0 Å². The standard InChI is InChI=1S/C13H16ClN3S/c1-3-5-9-12(10-6-7-11(14)18-10)16-8-17-13(9)15-4-2/h6-8H,3-5H2,1-2H3,(H,15,16,17). The van der Waals surface area contributed by atoms with Crippen molar-refractivity contribution in [1.29, 1.82) is 0 Å². The van der Waals surface area contributed by atoms with Gasteiger partial charge in [-0.2, -0.15) is 0 Å². The molecule has 0 saturated carbocycles. The molecule has 0 saturated heterocycles. The summed E-state index contributed by atoms with van der Waals surface area (Å²) < 4.78 is 0.788. The van der Waals surface area contributed by atoms with E-state index in [9.17, 15) is 0 Å². The third-order valence-corrected chi connectivity index (χ3v) is 3.83. The van der Waals surface area contributed by atoms with Crippen molar-refractivity contribution >= 4 is 28.8 Å². The maximum absolute atomic E-state index is 6.00. The summed E-state index contributed by atoms with van der Waals surface area (Å²) in [7, 11) is 0. The zero-order valence-electron chi connectivity index (χ0n) is 10.5. The fourth-order valence-corrected chi connectivity index (χ4v) is 2.94. The molecule has 5 heteroatoms. The third kappa shape index (κ3) is 2.82. The minimum absolute atomic E-state index is 0.788. The zero-order chi connectivity index (χ0) is 13.0. The number of hydrogen-bond acceptors (Lipinski definition) is 4. The smallest absolute Gasteiger partial charge is 0.133 e. The molecule has 0 aliphatic rings. The molecule has 0 bridgehead atoms. The van der Waals surface area contributed by atoms with Crippen LogP contribution < -0.4 is 5.32 Å². The predicted molar refractivity (Wildman–Crippen MR) is 78.5 cm³/mol. The third-order valence-electron chi connectivity index (χ3n) is 2.60. The summed E-state index contributed by atoms with van der Waals surface area (Å²) >= 11 is 7.56. The lowest BCUT2D eigenvalue weighted by Crippen LogP contribution is -2.06. The normalized spacial score (nSPS) is 10.6. The molecule has 0 aliphatic carbocycles. The number of hydrogen-bond donors (Lipinski definition) is 1. The maximum atomic E-state index is 6.00. The van der Waals surface area contributed by atoms with Crippen LogP contribution in [0.3, 0.4) is 0 Å². The van der Waals surface area contributed by atoms with Crippen LogP contribution in [0.4, 0.5) is 5.82 Å². The summed E-state index contributed by atoms with van der Waals surface area (Å²) in [6.07, 6.45) is 3.64. The highest BCUT2D eigenvalue weighted by Crippen LogP contribution is 2.34. The summed E-state index contributed by atoms with van der Waals surface area (Å²) in [6.45, 7) is 5.09. The van der Waals surface area contributed by atoms with Gasteiger partial charge in [-0.1, -0.05) is 24.9 Å². The van der Waals surface area contributed by atoms with Crippen LogP contribution in [0.15, 0.2) is 18.5 Å². The number of anilines is 1. The fourth-order valence-electron chi connectivity index (χ4n) is 1.87. The first-order valence-corrected chi connectivity index (χ1v) is 7.29. The summed E-state index contributed by atoms with van der Waals surface area (Å²) in [5.41, 5.74) is 2.18. The Hall–Kier alpha value is -1.13. The molecule has 2 aromatic rings. The van der Waals surface area contributed by atoms with Gasteiger partial charge in [0.25, 0.3) is 0 Å². The largest absolute Gasteiger partial charge is 0.370 e. The Labute approximate surface area is 116 Å². The van der Waals surface area contributed by atoms with Crippen LogP contribution in [-0.4, -0.2) is 16.5 Å². The van der Waals surface area contributed by atoms with E-state index in [1.165, 1.54) is 5.56 Å². The van der Waals surface area contributed by atoms with E-state index in [0.29, 0.717) is 0 Å². The van der Waals surface area contributed by atoms with Gasteiger partial charge in [0.15, 0.2) is 0 Å². The van der Waals surface area contributed by atoms with Crippen molar-refractivity contribution in [3.05, 3.63) is 28.4 Å². The van der Waals surface area contributed by atoms with Gasteiger partial charge in [0.05, 0.1) is 14.9 Å². The molecule has 0 radical (unpaired) electrons. The van der Waals surface area contributed by atoms with Gasteiger partial charge in [0, 0.05) is 12.1 Å². The first-order valence-electron chi connectivity index (χ1n) is 6.09. The van der Waals surface area contributed by atoms with E-state index in [4.69, 9.17) is 11.6 Å². The van der Waals surface area contributed by atoms with Gasteiger partial charge < -0.3 is 5.32 Å². The minimum Gasteiger partial charge on any atom is -0.370 e. The van der Waals surface area contributed by atoms with Gasteiger partial charge in [0.1, 0.15) is 12.1 Å². The van der Waals surface area contributed by atoms with Crippen LogP contribution in [0.5, 0.6) is 0 Å². The van der Waals surface area contributed by atoms with Crippen LogP contribution >= 0.6 is 22.9 Å². The Morgan fingerprint density at radius 1 is 1.28 bits per heavy atom. The molecule has 96 valence electrons. The Morgan fingerprint density at radius 3 is 2.72 bits per heavy atom. The van der Waals surface area contributed by atoms with Crippen molar-refractivity contribution in [2.45, 2.75) is 26.7 Å². The summed E-state index contributed by atoms with van der Waals surface area (Å²) in [5, 5.41) is 3.30. The monoisotopic (exact) mass is 281 g/mol. The fraction of sp³-hybridized carbons (Fsp3) is 0.385. The molecule has 0 aliphatic heterocycles. The maximum Gasteiger partial charge on any atom is 0.133 e. The number of thiophene rings is 1. The molecular weight excluding hydrogens is 266 g/mol. The van der Waals surface area contributed by atoms with Crippen LogP contribution in [0.2, 0.25) is 4.34 Å². The van der Waals surface area contributed by atoms with Gasteiger partial charge in [-0.3, -0.25) is 0 Å². The molecule has 1 N–H and O–H groups in total. The van der Waals surface area contributed by atoms with Crippen molar-refractivity contribution in [3.8, 4) is 10.6 Å². The van der Waals surface area contributed by atoms with Crippen molar-refractivity contribution < 1.29 is 0 Å². The van der Waals surface area contributed by atoms with E-state index < -0.39 is 0 Å². The average molecular weight is 282 g/mol. The van der Waals surface area contributed by atoms with Crippen LogP contribution in [0.1, 0.15) is 25.8 Å². The Morgan fingerprint density at radius 2 is 2.11 bits per heavy atom. The van der Waals surface area contributed by atoms with Crippen molar-refractivity contribution in [2.75, 3.05) is 11.9 Å². The molecule has 0 atom stereocenters. The molecule has 0 amide bonds. The van der Waals surface area contributed by atoms with E-state index in [-0.39, 0.29) is 0 Å². The summed E-state index contributed by atoms with van der Waals surface area (Å²) in [4.78, 5) is 9.86. The lowest BCUT2D eigenvalue weighted by molar-refractivity contribution is 0.903. The van der Waals surface area contributed by atoms with Gasteiger partial charge in [-0.15, -0.1) is 11.3 Å². The predicted octanol–water partition coefficient (Wildman–Crippen LogP) is 4.24. The zero-order valence-corrected chi connectivity index (χ0v) is 12.1. The first-order chi connectivity index (χ1) is 8.76. The molecule has 0 aromatic carbocycles. The number of rotatable bonds is 5. The Kier molecular flexibility index (Phi) is 4.55. The number of nitrogens with one attached hydrogen (secondary N) is 1. The van der Waals surface area contributed by atoms with E-state index in [0.717, 1.165) is 40.1 Å². The molecular formula is C13H16ClN3S. The lowest BCUT2D eigenvalue weighted by atomic mass is 10.1. The SMILES string of the molecule is CCCc1c(NCC)ncnc1-c1ccc(Cl)s1. The van der Waals surface area contributed by atoms with E-state index in [1.54, 1.807) is 17.7 Å². The Bertz CT molecular complexity index is 525. The van der Waals surface area contributed by atoms with Crippen molar-refractivity contribution in [1.82, 2.24) is 9.97 Å². The van der Waals surface area contributed by atoms with Crippen LogP contribution in [0, 0.1) is 0 Å². The molecule has 3 nitrogen and oxygen atoms in total. The molecule has 2 aromatic heterocycles. The van der Waals surface area contributed by atoms with E-state index in [2.05, 4.69) is 29.1 Å². The second-order valence-electron chi connectivity index (χ2n) is 3.93. The second kappa shape index (κ2) is 6.16. The number of aromatic nitrogens is 2. The second-order valence-corrected chi connectivity index (χ2v) is 5.65. The summed E-state index contributed by atoms with van der Waals surface area (Å²) in [6, 6.07) is 3.93. The topological polar surface area (TPSA) is 37.8 Å². The molecule has 2 rings (SSSR count). The van der Waals surface area contributed by atoms with Gasteiger partial charge >= 0.3 is 0 Å². The quantitative estimate of drug-likeness (QED) is 0.891. The van der Waals surface area contributed by atoms with Gasteiger partial charge in [-0.05, 0) is 25.5 Å². The van der Waals surface area contributed by atoms with Crippen molar-refractivity contribution in [2.24, 2.45) is 0 Å². The highest BCUT2D eigenvalue weighted by molar-refractivity contribution is 7.19. The average Bonchev–Trinajstić information content (AvgIpc) is 2.78. The molecule has 0 fully saturated rings. The highest BCUT2D eigenvalue weighted by atomic mass is 35.5. The van der Waals surface area contributed by atoms with Gasteiger partial charge in [0.2, 0.25) is 0 Å². The van der Waals surface area contributed by atoms with Crippen LogP contribution in [0.25, 0.3) is 10.6 Å². The number of nitrogens with zero attached hydrogens (tertiary/aromatic N) is 2. The van der Waals surface area contributed by atoms with Gasteiger partial charge in [-0.25, -0.2) is 9.97 Å². The lowest BCUT2D eigenvalue weighted by Gasteiger charge is -2.12. The Balaban J connectivity index is 2.48.